The van der Waals surface area contributed by atoms with E-state index in [1.54, 1.807) is 0 Å². The largest absolute Gasteiger partial charge is 0.268 e. The molecule has 1 heterocycles. The minimum Gasteiger partial charge on any atom is -0.268 e. The van der Waals surface area contributed by atoms with Gasteiger partial charge in [-0.05, 0) is 12.8 Å². The van der Waals surface area contributed by atoms with Crippen LogP contribution in [0.25, 0.3) is 0 Å². The van der Waals surface area contributed by atoms with E-state index < -0.39 is 12.1 Å². The summed E-state index contributed by atoms with van der Waals surface area (Å²) in [6, 6.07) is 0. The number of hydrogen-bond donors (Lipinski definition) is 0. The second kappa shape index (κ2) is 4.16. The molecule has 1 fully saturated rings. The molecule has 0 aromatic carbocycles. The number of likely N-dealkylation sites (tertiary alicyclic amines) is 1. The standard InChI is InChI=1S/C7H10BrF2N/c8-5-6(9)7(10)11-3-1-2-4-11/h5,7H,1-4H2/b6-5-. The van der Waals surface area contributed by atoms with Crippen LogP contribution in [0, 0.1) is 0 Å². The lowest BCUT2D eigenvalue weighted by Crippen LogP contribution is -2.29. The fourth-order valence-electron chi connectivity index (χ4n) is 1.19. The molecule has 1 unspecified atom stereocenters. The highest BCUT2D eigenvalue weighted by atomic mass is 79.9. The van der Waals surface area contributed by atoms with Gasteiger partial charge in [0.05, 0.1) is 0 Å². The molecule has 1 aliphatic heterocycles. The molecule has 0 bridgehead atoms. The number of alkyl halides is 1. The summed E-state index contributed by atoms with van der Waals surface area (Å²) in [4.78, 5) is 2.49. The van der Waals surface area contributed by atoms with Crippen molar-refractivity contribution in [3.63, 3.8) is 0 Å². The molecule has 4 heteroatoms. The normalized spacial score (nSPS) is 24.1. The van der Waals surface area contributed by atoms with Crippen LogP contribution in [0.3, 0.4) is 0 Å². The van der Waals surface area contributed by atoms with Crippen molar-refractivity contribution in [3.05, 3.63) is 10.8 Å². The molecule has 0 spiro atoms. The van der Waals surface area contributed by atoms with Crippen molar-refractivity contribution in [2.45, 2.75) is 19.1 Å². The summed E-state index contributed by atoms with van der Waals surface area (Å²) >= 11 is 2.76. The second-order valence-corrected chi connectivity index (χ2v) is 3.03. The van der Waals surface area contributed by atoms with Crippen molar-refractivity contribution in [1.82, 2.24) is 4.90 Å². The van der Waals surface area contributed by atoms with Gasteiger partial charge in [-0.25, -0.2) is 8.78 Å². The van der Waals surface area contributed by atoms with Crippen molar-refractivity contribution in [1.29, 1.82) is 0 Å². The summed E-state index contributed by atoms with van der Waals surface area (Å²) in [6.07, 6.45) is 0.392. The van der Waals surface area contributed by atoms with Crippen molar-refractivity contribution >= 4 is 15.9 Å². The Hall–Kier alpha value is 0.0400. The van der Waals surface area contributed by atoms with Crippen molar-refractivity contribution in [2.75, 3.05) is 13.1 Å². The first-order chi connectivity index (χ1) is 5.25. The van der Waals surface area contributed by atoms with Gasteiger partial charge in [0.15, 0.2) is 5.83 Å². The minimum absolute atomic E-state index is 0.662. The Morgan fingerprint density at radius 2 is 2.00 bits per heavy atom. The molecule has 0 aliphatic carbocycles. The average Bonchev–Trinajstić information content (AvgIpc) is 2.53. The number of halogens is 3. The predicted octanol–water partition coefficient (Wildman–Crippen LogP) is 2.58. The maximum Gasteiger partial charge on any atom is 0.206 e. The Kier molecular flexibility index (Phi) is 3.45. The molecule has 0 N–H and O–H groups in total. The maximum atomic E-state index is 13.0. The van der Waals surface area contributed by atoms with E-state index >= 15 is 0 Å². The molecule has 1 nitrogen and oxygen atoms in total. The van der Waals surface area contributed by atoms with E-state index in [-0.39, 0.29) is 0 Å². The van der Waals surface area contributed by atoms with E-state index in [1.165, 1.54) is 4.90 Å². The Morgan fingerprint density at radius 3 is 2.45 bits per heavy atom. The Labute approximate surface area is 73.2 Å². The van der Waals surface area contributed by atoms with E-state index in [0.717, 1.165) is 17.8 Å². The Morgan fingerprint density at radius 1 is 1.45 bits per heavy atom. The van der Waals surface area contributed by atoms with Gasteiger partial charge in [0.2, 0.25) is 6.30 Å². The number of nitrogens with zero attached hydrogens (tertiary/aromatic N) is 1. The van der Waals surface area contributed by atoms with Crippen LogP contribution in [-0.2, 0) is 0 Å². The van der Waals surface area contributed by atoms with E-state index in [2.05, 4.69) is 15.9 Å². The smallest absolute Gasteiger partial charge is 0.206 e. The first-order valence-electron chi connectivity index (χ1n) is 3.59. The fourth-order valence-corrected chi connectivity index (χ4v) is 1.41. The van der Waals surface area contributed by atoms with Crippen LogP contribution in [-0.4, -0.2) is 24.3 Å². The first-order valence-corrected chi connectivity index (χ1v) is 4.51. The van der Waals surface area contributed by atoms with E-state index in [4.69, 9.17) is 0 Å². The lowest BCUT2D eigenvalue weighted by molar-refractivity contribution is 0.119. The summed E-state index contributed by atoms with van der Waals surface area (Å²) in [5.41, 5.74) is 0. The molecule has 0 radical (unpaired) electrons. The van der Waals surface area contributed by atoms with Gasteiger partial charge in [0, 0.05) is 18.1 Å². The van der Waals surface area contributed by atoms with Crippen LogP contribution in [0.4, 0.5) is 8.78 Å². The van der Waals surface area contributed by atoms with E-state index in [1.807, 2.05) is 0 Å². The summed E-state index contributed by atoms with van der Waals surface area (Å²) in [6.45, 7) is 1.32. The molecule has 0 aromatic heterocycles. The van der Waals surface area contributed by atoms with Crippen molar-refractivity contribution in [3.8, 4) is 0 Å². The summed E-state index contributed by atoms with van der Waals surface area (Å²) < 4.78 is 25.5. The van der Waals surface area contributed by atoms with Crippen LogP contribution in [0.5, 0.6) is 0 Å². The molecule has 64 valence electrons. The zero-order chi connectivity index (χ0) is 8.27. The van der Waals surface area contributed by atoms with Crippen LogP contribution in [0.1, 0.15) is 12.8 Å². The average molecular weight is 226 g/mol. The highest BCUT2D eigenvalue weighted by molar-refractivity contribution is 9.11. The molecule has 0 saturated carbocycles. The SMILES string of the molecule is F/C(=C\Br)C(F)N1CCCC1. The third-order valence-corrected chi connectivity index (χ3v) is 2.23. The molecule has 1 saturated heterocycles. The van der Waals surface area contributed by atoms with Crippen molar-refractivity contribution < 1.29 is 8.78 Å². The summed E-state index contributed by atoms with van der Waals surface area (Å²) in [7, 11) is 0. The van der Waals surface area contributed by atoms with E-state index in [9.17, 15) is 8.78 Å². The lowest BCUT2D eigenvalue weighted by atomic mass is 10.4. The highest BCUT2D eigenvalue weighted by Gasteiger charge is 2.24. The van der Waals surface area contributed by atoms with Gasteiger partial charge < -0.3 is 0 Å². The van der Waals surface area contributed by atoms with Crippen LogP contribution >= 0.6 is 15.9 Å². The maximum absolute atomic E-state index is 13.0. The summed E-state index contributed by atoms with van der Waals surface area (Å²) in [5, 5.41) is 0. The second-order valence-electron chi connectivity index (χ2n) is 2.57. The third-order valence-electron chi connectivity index (χ3n) is 1.79. The monoisotopic (exact) mass is 225 g/mol. The fraction of sp³-hybridized carbons (Fsp3) is 0.714. The van der Waals surface area contributed by atoms with Crippen LogP contribution in [0.15, 0.2) is 10.8 Å². The summed E-state index contributed by atoms with van der Waals surface area (Å²) in [5.74, 6) is -0.744. The van der Waals surface area contributed by atoms with Gasteiger partial charge in [-0.15, -0.1) is 0 Å². The lowest BCUT2D eigenvalue weighted by Gasteiger charge is -2.17. The molecule has 0 aromatic rings. The van der Waals surface area contributed by atoms with Gasteiger partial charge in [0.25, 0.3) is 0 Å². The van der Waals surface area contributed by atoms with Gasteiger partial charge in [-0.1, -0.05) is 15.9 Å². The van der Waals surface area contributed by atoms with Gasteiger partial charge in [-0.3, -0.25) is 4.90 Å². The molecule has 1 aliphatic rings. The number of rotatable bonds is 2. The molecule has 0 amide bonds. The molecular formula is C7H10BrF2N. The molecule has 1 atom stereocenters. The topological polar surface area (TPSA) is 3.24 Å². The molecule has 1 rings (SSSR count). The predicted molar refractivity (Wildman–Crippen MR) is 43.8 cm³/mol. The molecule has 11 heavy (non-hydrogen) atoms. The zero-order valence-corrected chi connectivity index (χ0v) is 7.65. The zero-order valence-electron chi connectivity index (χ0n) is 6.06. The Balaban J connectivity index is 2.45. The van der Waals surface area contributed by atoms with Gasteiger partial charge >= 0.3 is 0 Å². The Bertz CT molecular complexity index is 155. The highest BCUT2D eigenvalue weighted by Crippen LogP contribution is 2.19. The number of hydrogen-bond acceptors (Lipinski definition) is 1. The third kappa shape index (κ3) is 2.24. The minimum atomic E-state index is -1.54. The van der Waals surface area contributed by atoms with Gasteiger partial charge in [-0.2, -0.15) is 0 Å². The first kappa shape index (κ1) is 9.13. The quantitative estimate of drug-likeness (QED) is 0.654. The van der Waals surface area contributed by atoms with E-state index in [0.29, 0.717) is 13.1 Å². The van der Waals surface area contributed by atoms with Crippen LogP contribution < -0.4 is 0 Å². The van der Waals surface area contributed by atoms with Gasteiger partial charge in [0.1, 0.15) is 0 Å². The van der Waals surface area contributed by atoms with Crippen LogP contribution in [0.2, 0.25) is 0 Å². The molecular weight excluding hydrogens is 216 g/mol. The van der Waals surface area contributed by atoms with Crippen molar-refractivity contribution in [2.24, 2.45) is 0 Å².